The molecule has 0 fully saturated rings. The molecule has 0 saturated heterocycles. The standard InChI is InChI=1S/C8H10F3NOS/c1-12(2)7(13,8(9,10)11)6-4-3-5-14-6/h3-5,13H,1-2H3. The molecule has 1 heterocycles. The number of aliphatic hydroxyl groups is 1. The molecule has 1 atom stereocenters. The van der Waals surface area contributed by atoms with Crippen LogP contribution in [0.3, 0.4) is 0 Å². The van der Waals surface area contributed by atoms with Crippen molar-refractivity contribution in [3.63, 3.8) is 0 Å². The van der Waals surface area contributed by atoms with Gasteiger partial charge in [-0.05, 0) is 25.5 Å². The molecule has 0 bridgehead atoms. The molecule has 1 aromatic rings. The van der Waals surface area contributed by atoms with Crippen LogP contribution in [-0.2, 0) is 5.72 Å². The number of nitrogens with zero attached hydrogens (tertiary/aromatic N) is 1. The fraction of sp³-hybridized carbons (Fsp3) is 0.500. The first-order valence-electron chi connectivity index (χ1n) is 3.80. The van der Waals surface area contributed by atoms with E-state index in [0.717, 1.165) is 16.2 Å². The summed E-state index contributed by atoms with van der Waals surface area (Å²) in [5.41, 5.74) is -2.89. The molecule has 0 saturated carbocycles. The summed E-state index contributed by atoms with van der Waals surface area (Å²) in [7, 11) is 2.38. The van der Waals surface area contributed by atoms with Crippen LogP contribution in [0.2, 0.25) is 0 Å². The first-order chi connectivity index (χ1) is 6.30. The van der Waals surface area contributed by atoms with Crippen molar-refractivity contribution >= 4 is 11.3 Å². The lowest BCUT2D eigenvalue weighted by atomic mass is 10.1. The van der Waals surface area contributed by atoms with E-state index in [1.807, 2.05) is 0 Å². The van der Waals surface area contributed by atoms with Crippen LogP contribution in [0, 0.1) is 0 Å². The van der Waals surface area contributed by atoms with Crippen LogP contribution >= 0.6 is 11.3 Å². The normalized spacial score (nSPS) is 17.1. The van der Waals surface area contributed by atoms with Crippen LogP contribution in [0.15, 0.2) is 17.5 Å². The van der Waals surface area contributed by atoms with Crippen LogP contribution in [0.25, 0.3) is 0 Å². The van der Waals surface area contributed by atoms with Crippen molar-refractivity contribution in [2.75, 3.05) is 14.1 Å². The highest BCUT2D eigenvalue weighted by atomic mass is 32.1. The van der Waals surface area contributed by atoms with Gasteiger partial charge >= 0.3 is 6.18 Å². The van der Waals surface area contributed by atoms with Gasteiger partial charge in [0.25, 0.3) is 5.72 Å². The van der Waals surface area contributed by atoms with Crippen molar-refractivity contribution in [1.82, 2.24) is 4.90 Å². The molecule has 0 aromatic carbocycles. The molecular weight excluding hydrogens is 215 g/mol. The Bertz CT molecular complexity index is 296. The van der Waals surface area contributed by atoms with E-state index in [4.69, 9.17) is 0 Å². The maximum absolute atomic E-state index is 12.6. The van der Waals surface area contributed by atoms with Crippen molar-refractivity contribution in [3.8, 4) is 0 Å². The van der Waals surface area contributed by atoms with Gasteiger partial charge in [0.2, 0.25) is 0 Å². The van der Waals surface area contributed by atoms with Crippen molar-refractivity contribution < 1.29 is 18.3 Å². The van der Waals surface area contributed by atoms with E-state index in [2.05, 4.69) is 0 Å². The third-order valence-electron chi connectivity index (χ3n) is 1.91. The van der Waals surface area contributed by atoms with Gasteiger partial charge in [0, 0.05) is 0 Å². The zero-order valence-corrected chi connectivity index (χ0v) is 8.49. The molecule has 1 rings (SSSR count). The lowest BCUT2D eigenvalue weighted by Crippen LogP contribution is -2.52. The summed E-state index contributed by atoms with van der Waals surface area (Å²) in [6, 6.07) is 2.73. The lowest BCUT2D eigenvalue weighted by molar-refractivity contribution is -0.314. The molecule has 14 heavy (non-hydrogen) atoms. The molecule has 2 nitrogen and oxygen atoms in total. The quantitative estimate of drug-likeness (QED) is 0.778. The zero-order chi connectivity index (χ0) is 11.0. The van der Waals surface area contributed by atoms with E-state index < -0.39 is 11.9 Å². The van der Waals surface area contributed by atoms with Crippen LogP contribution in [-0.4, -0.2) is 30.3 Å². The van der Waals surface area contributed by atoms with Gasteiger partial charge in [0.1, 0.15) is 0 Å². The molecule has 0 aliphatic carbocycles. The second-order valence-corrected chi connectivity index (χ2v) is 3.99. The molecule has 80 valence electrons. The van der Waals surface area contributed by atoms with Crippen molar-refractivity contribution in [3.05, 3.63) is 22.4 Å². The lowest BCUT2D eigenvalue weighted by Gasteiger charge is -2.35. The minimum atomic E-state index is -4.71. The summed E-state index contributed by atoms with van der Waals surface area (Å²) in [6.45, 7) is 0. The van der Waals surface area contributed by atoms with E-state index in [1.165, 1.54) is 31.6 Å². The number of rotatable bonds is 2. The third kappa shape index (κ3) is 1.65. The SMILES string of the molecule is CN(C)C(O)(c1cccs1)C(F)(F)F. The van der Waals surface area contributed by atoms with Crippen LogP contribution in [0.1, 0.15) is 4.88 Å². The van der Waals surface area contributed by atoms with Crippen molar-refractivity contribution in [1.29, 1.82) is 0 Å². The molecule has 0 amide bonds. The fourth-order valence-electron chi connectivity index (χ4n) is 1.09. The molecule has 6 heteroatoms. The minimum absolute atomic E-state index is 0.130. The molecule has 0 aliphatic heterocycles. The van der Waals surface area contributed by atoms with Gasteiger partial charge in [-0.15, -0.1) is 11.3 Å². The Kier molecular flexibility index (Phi) is 2.89. The largest absolute Gasteiger partial charge is 0.436 e. The Morgan fingerprint density at radius 1 is 1.36 bits per heavy atom. The van der Waals surface area contributed by atoms with E-state index >= 15 is 0 Å². The molecule has 0 spiro atoms. The van der Waals surface area contributed by atoms with Crippen molar-refractivity contribution in [2.24, 2.45) is 0 Å². The van der Waals surface area contributed by atoms with Gasteiger partial charge in [0.15, 0.2) is 0 Å². The first kappa shape index (κ1) is 11.5. The Hall–Kier alpha value is -0.590. The van der Waals surface area contributed by atoms with Gasteiger partial charge in [0.05, 0.1) is 4.88 Å². The van der Waals surface area contributed by atoms with E-state index in [-0.39, 0.29) is 4.88 Å². The number of thiophene rings is 1. The Morgan fingerprint density at radius 3 is 2.21 bits per heavy atom. The second-order valence-electron chi connectivity index (χ2n) is 3.04. The summed E-state index contributed by atoms with van der Waals surface area (Å²) in [5, 5.41) is 11.1. The predicted octanol–water partition coefficient (Wildman–Crippen LogP) is 2.02. The van der Waals surface area contributed by atoms with Crippen LogP contribution < -0.4 is 0 Å². The predicted molar refractivity (Wildman–Crippen MR) is 48.0 cm³/mol. The van der Waals surface area contributed by atoms with Gasteiger partial charge in [-0.1, -0.05) is 6.07 Å². The van der Waals surface area contributed by atoms with Crippen LogP contribution in [0.4, 0.5) is 13.2 Å². The first-order valence-corrected chi connectivity index (χ1v) is 4.68. The summed E-state index contributed by atoms with van der Waals surface area (Å²) in [4.78, 5) is 0.619. The molecule has 1 N–H and O–H groups in total. The number of hydrogen-bond donors (Lipinski definition) is 1. The maximum Gasteiger partial charge on any atom is 0.436 e. The van der Waals surface area contributed by atoms with Gasteiger partial charge in [-0.25, -0.2) is 0 Å². The summed E-state index contributed by atoms with van der Waals surface area (Å²) >= 11 is 0.873. The van der Waals surface area contributed by atoms with E-state index in [9.17, 15) is 18.3 Å². The van der Waals surface area contributed by atoms with Gasteiger partial charge < -0.3 is 5.11 Å². The highest BCUT2D eigenvalue weighted by Gasteiger charge is 2.57. The second kappa shape index (κ2) is 3.52. The average Bonchev–Trinajstić information content (AvgIpc) is 2.52. The van der Waals surface area contributed by atoms with E-state index in [1.54, 1.807) is 0 Å². The third-order valence-corrected chi connectivity index (χ3v) is 2.88. The zero-order valence-electron chi connectivity index (χ0n) is 7.67. The van der Waals surface area contributed by atoms with Gasteiger partial charge in [-0.3, -0.25) is 4.90 Å². The average molecular weight is 225 g/mol. The summed E-state index contributed by atoms with van der Waals surface area (Å²) in [6.07, 6.45) is -4.71. The Labute approximate surface area is 83.6 Å². The Balaban J connectivity index is 3.20. The number of hydrogen-bond acceptors (Lipinski definition) is 3. The monoisotopic (exact) mass is 225 g/mol. The van der Waals surface area contributed by atoms with E-state index in [0.29, 0.717) is 0 Å². The van der Waals surface area contributed by atoms with Crippen LogP contribution in [0.5, 0.6) is 0 Å². The smallest absolute Gasteiger partial charge is 0.363 e. The molecule has 0 radical (unpaired) electrons. The summed E-state index contributed by atoms with van der Waals surface area (Å²) < 4.78 is 37.9. The molecule has 1 unspecified atom stereocenters. The van der Waals surface area contributed by atoms with Crippen molar-refractivity contribution in [2.45, 2.75) is 11.9 Å². The molecule has 1 aromatic heterocycles. The minimum Gasteiger partial charge on any atom is -0.363 e. The van der Waals surface area contributed by atoms with Gasteiger partial charge in [-0.2, -0.15) is 13.2 Å². The topological polar surface area (TPSA) is 23.5 Å². The highest BCUT2D eigenvalue weighted by molar-refractivity contribution is 7.10. The molecular formula is C8H10F3NOS. The number of halogens is 3. The maximum atomic E-state index is 12.6. The molecule has 0 aliphatic rings. The Morgan fingerprint density at radius 2 is 1.93 bits per heavy atom. The highest BCUT2D eigenvalue weighted by Crippen LogP contribution is 2.42. The number of alkyl halides is 3. The summed E-state index contributed by atoms with van der Waals surface area (Å²) in [5.74, 6) is 0. The fourth-order valence-corrected chi connectivity index (χ4v) is 2.01.